The quantitative estimate of drug-likeness (QED) is 0.157. The first-order valence-corrected chi connectivity index (χ1v) is 20.9. The van der Waals surface area contributed by atoms with E-state index in [0.717, 1.165) is 89.7 Å². The van der Waals surface area contributed by atoms with E-state index in [4.69, 9.17) is 24.9 Å². The number of hydrogen-bond acceptors (Lipinski definition) is 6. The van der Waals surface area contributed by atoms with Crippen LogP contribution in [-0.4, -0.2) is 31.0 Å². The molecular weight excluding hydrogens is 757 g/mol. The minimum absolute atomic E-state index is 0.222. The van der Waals surface area contributed by atoms with Gasteiger partial charge in [0.1, 0.15) is 0 Å². The van der Waals surface area contributed by atoms with Crippen molar-refractivity contribution in [2.45, 2.75) is 19.9 Å². The Morgan fingerprint density at radius 1 is 0.355 bits per heavy atom. The van der Waals surface area contributed by atoms with Gasteiger partial charge in [-0.1, -0.05) is 146 Å². The van der Waals surface area contributed by atoms with E-state index < -0.39 is 0 Å². The summed E-state index contributed by atoms with van der Waals surface area (Å²) in [4.78, 5) is 25.1. The molecule has 1 atom stereocenters. The molecule has 62 heavy (non-hydrogen) atoms. The lowest BCUT2D eigenvalue weighted by atomic mass is 9.93. The van der Waals surface area contributed by atoms with Gasteiger partial charge in [-0.05, 0) is 102 Å². The van der Waals surface area contributed by atoms with E-state index in [0.29, 0.717) is 17.5 Å². The standard InChI is InChI=1S/C56H42N6/c1-37-16-12-28-50(57-37)48-32-46(33-49(34-48)51-29-13-17-38(2)58-51)47-35-52(39-18-6-3-7-19-39)59-53(36-47)44-26-14-24-42(30-44)43-25-15-27-45(31-43)56-61-54(40-20-8-4-9-21-40)60-55(62-56)41-22-10-5-11-23-41/h3-37,57H,1-2H3. The van der Waals surface area contributed by atoms with Crippen molar-refractivity contribution in [1.82, 2.24) is 30.2 Å². The van der Waals surface area contributed by atoms with Crippen LogP contribution >= 0.6 is 0 Å². The molecule has 0 fully saturated rings. The average Bonchev–Trinajstić information content (AvgIpc) is 3.34. The molecule has 10 rings (SSSR count). The van der Waals surface area contributed by atoms with Crippen molar-refractivity contribution in [3.8, 4) is 90.2 Å². The maximum atomic E-state index is 5.32. The minimum Gasteiger partial charge on any atom is -0.379 e. The fourth-order valence-corrected chi connectivity index (χ4v) is 7.88. The Labute approximate surface area is 362 Å². The summed E-state index contributed by atoms with van der Waals surface area (Å²) in [7, 11) is 0. The Balaban J connectivity index is 1.08. The van der Waals surface area contributed by atoms with Crippen LogP contribution in [0.1, 0.15) is 18.2 Å². The van der Waals surface area contributed by atoms with Gasteiger partial charge in [-0.15, -0.1) is 0 Å². The van der Waals surface area contributed by atoms with Crippen LogP contribution in [0.3, 0.4) is 0 Å². The molecule has 1 unspecified atom stereocenters. The van der Waals surface area contributed by atoms with Gasteiger partial charge in [-0.25, -0.2) is 19.9 Å². The summed E-state index contributed by atoms with van der Waals surface area (Å²) < 4.78 is 0. The lowest BCUT2D eigenvalue weighted by molar-refractivity contribution is 0.778. The molecule has 0 saturated heterocycles. The topological polar surface area (TPSA) is 76.5 Å². The summed E-state index contributed by atoms with van der Waals surface area (Å²) in [5, 5.41) is 3.66. The maximum absolute atomic E-state index is 5.32. The van der Waals surface area contributed by atoms with Crippen LogP contribution in [-0.2, 0) is 0 Å². The van der Waals surface area contributed by atoms with E-state index in [-0.39, 0.29) is 6.04 Å². The van der Waals surface area contributed by atoms with Crippen molar-refractivity contribution in [1.29, 1.82) is 0 Å². The second kappa shape index (κ2) is 16.9. The Morgan fingerprint density at radius 3 is 1.45 bits per heavy atom. The molecule has 0 aliphatic carbocycles. The predicted octanol–water partition coefficient (Wildman–Crippen LogP) is 13.2. The van der Waals surface area contributed by atoms with Gasteiger partial charge in [0, 0.05) is 50.8 Å². The van der Waals surface area contributed by atoms with Crippen molar-refractivity contribution in [3.63, 3.8) is 0 Å². The number of dihydropyridines is 1. The molecule has 0 saturated carbocycles. The number of nitrogens with zero attached hydrogens (tertiary/aromatic N) is 5. The summed E-state index contributed by atoms with van der Waals surface area (Å²) in [5.74, 6) is 1.88. The molecule has 1 aliphatic rings. The number of hydrogen-bond donors (Lipinski definition) is 1. The second-order valence-corrected chi connectivity index (χ2v) is 15.6. The molecule has 6 aromatic carbocycles. The van der Waals surface area contributed by atoms with Crippen molar-refractivity contribution in [3.05, 3.63) is 218 Å². The van der Waals surface area contributed by atoms with Gasteiger partial charge in [0.25, 0.3) is 0 Å². The van der Waals surface area contributed by atoms with Crippen LogP contribution in [0.25, 0.3) is 95.9 Å². The highest BCUT2D eigenvalue weighted by molar-refractivity contribution is 5.84. The zero-order chi connectivity index (χ0) is 41.8. The summed E-state index contributed by atoms with van der Waals surface area (Å²) in [6.07, 6.45) is 6.44. The second-order valence-electron chi connectivity index (χ2n) is 15.6. The smallest absolute Gasteiger partial charge is 0.164 e. The number of aromatic nitrogens is 5. The van der Waals surface area contributed by atoms with Crippen molar-refractivity contribution in [2.24, 2.45) is 0 Å². The molecule has 1 aliphatic heterocycles. The van der Waals surface area contributed by atoms with Crippen molar-refractivity contribution in [2.75, 3.05) is 0 Å². The average molecular weight is 799 g/mol. The van der Waals surface area contributed by atoms with Crippen LogP contribution in [0.4, 0.5) is 0 Å². The van der Waals surface area contributed by atoms with Crippen molar-refractivity contribution < 1.29 is 0 Å². The molecule has 6 heteroatoms. The maximum Gasteiger partial charge on any atom is 0.164 e. The first-order chi connectivity index (χ1) is 30.5. The van der Waals surface area contributed by atoms with E-state index >= 15 is 0 Å². The summed E-state index contributed by atoms with van der Waals surface area (Å²) in [6, 6.07) is 65.2. The molecular formula is C56H42N6. The zero-order valence-electron chi connectivity index (χ0n) is 34.4. The van der Waals surface area contributed by atoms with Gasteiger partial charge < -0.3 is 5.32 Å². The van der Waals surface area contributed by atoms with Gasteiger partial charge in [0.2, 0.25) is 0 Å². The summed E-state index contributed by atoms with van der Waals surface area (Å²) in [5.41, 5.74) is 16.0. The molecule has 9 aromatic rings. The highest BCUT2D eigenvalue weighted by atomic mass is 15.0. The van der Waals surface area contributed by atoms with Crippen molar-refractivity contribution >= 4 is 5.70 Å². The van der Waals surface area contributed by atoms with Gasteiger partial charge in [-0.2, -0.15) is 0 Å². The molecule has 0 radical (unpaired) electrons. The van der Waals surface area contributed by atoms with Crippen LogP contribution in [0.2, 0.25) is 0 Å². The van der Waals surface area contributed by atoms with E-state index in [1.807, 2.05) is 79.7 Å². The predicted molar refractivity (Wildman–Crippen MR) is 253 cm³/mol. The van der Waals surface area contributed by atoms with Gasteiger partial charge >= 0.3 is 0 Å². The molecule has 6 nitrogen and oxygen atoms in total. The summed E-state index contributed by atoms with van der Waals surface area (Å²) in [6.45, 7) is 4.20. The fraction of sp³-hybridized carbons (Fsp3) is 0.0536. The zero-order valence-corrected chi connectivity index (χ0v) is 34.4. The molecule has 1 N–H and O–H groups in total. The van der Waals surface area contributed by atoms with E-state index in [9.17, 15) is 0 Å². The highest BCUT2D eigenvalue weighted by Crippen LogP contribution is 2.36. The van der Waals surface area contributed by atoms with Gasteiger partial charge in [0.15, 0.2) is 17.5 Å². The third-order valence-corrected chi connectivity index (χ3v) is 11.0. The van der Waals surface area contributed by atoms with Crippen LogP contribution in [0, 0.1) is 6.92 Å². The third-order valence-electron chi connectivity index (χ3n) is 11.0. The lowest BCUT2D eigenvalue weighted by Gasteiger charge is -2.20. The molecule has 4 heterocycles. The fourth-order valence-electron chi connectivity index (χ4n) is 7.88. The van der Waals surface area contributed by atoms with E-state index in [1.165, 1.54) is 0 Å². The lowest BCUT2D eigenvalue weighted by Crippen LogP contribution is -2.24. The molecule has 0 amide bonds. The largest absolute Gasteiger partial charge is 0.379 e. The van der Waals surface area contributed by atoms with E-state index in [1.54, 1.807) is 0 Å². The Hall–Kier alpha value is -8.09. The molecule has 3 aromatic heterocycles. The Kier molecular flexibility index (Phi) is 10.4. The van der Waals surface area contributed by atoms with Gasteiger partial charge in [-0.3, -0.25) is 4.98 Å². The first-order valence-electron chi connectivity index (χ1n) is 20.9. The van der Waals surface area contributed by atoms with Gasteiger partial charge in [0.05, 0.1) is 17.1 Å². The number of pyridine rings is 2. The molecule has 0 spiro atoms. The number of rotatable bonds is 9. The number of allylic oxidation sites excluding steroid dienone is 2. The SMILES string of the molecule is Cc1cccc(-c2cc(C3=CC=CC(C)N3)cc(-c3cc(-c4ccccc4)nc(-c4cccc(-c5cccc(-c6nc(-c7ccccc7)nc(-c7ccccc7)n6)c5)c4)c3)c2)n1. The monoisotopic (exact) mass is 798 g/mol. The minimum atomic E-state index is 0.222. The highest BCUT2D eigenvalue weighted by Gasteiger charge is 2.17. The van der Waals surface area contributed by atoms with E-state index in [2.05, 4.69) is 146 Å². The molecule has 0 bridgehead atoms. The number of aryl methyl sites for hydroxylation is 1. The van der Waals surface area contributed by atoms with Crippen LogP contribution < -0.4 is 5.32 Å². The first kappa shape index (κ1) is 38.1. The number of benzene rings is 6. The number of nitrogens with one attached hydrogen (secondary N) is 1. The summed E-state index contributed by atoms with van der Waals surface area (Å²) >= 11 is 0. The Morgan fingerprint density at radius 2 is 0.823 bits per heavy atom. The Bertz CT molecular complexity index is 3060. The normalized spacial score (nSPS) is 13.3. The third kappa shape index (κ3) is 8.22. The van der Waals surface area contributed by atoms with Crippen LogP contribution in [0.15, 0.2) is 206 Å². The van der Waals surface area contributed by atoms with Crippen LogP contribution in [0.5, 0.6) is 0 Å². The molecule has 296 valence electrons.